The van der Waals surface area contributed by atoms with Crippen LogP contribution in [0.4, 0.5) is 0 Å². The lowest BCUT2D eigenvalue weighted by atomic mass is 10.2. The van der Waals surface area contributed by atoms with Gasteiger partial charge in [-0.25, -0.2) is 4.99 Å². The molecule has 0 radical (unpaired) electrons. The first-order valence-electron chi connectivity index (χ1n) is 7.45. The van der Waals surface area contributed by atoms with Crippen molar-refractivity contribution in [3.8, 4) is 11.5 Å². The predicted octanol–water partition coefficient (Wildman–Crippen LogP) is 2.91. The van der Waals surface area contributed by atoms with Crippen LogP contribution in [0.3, 0.4) is 0 Å². The Hall–Kier alpha value is -1.18. The number of aliphatic imine (C=N–C) groups is 1. The summed E-state index contributed by atoms with van der Waals surface area (Å²) in [6.07, 6.45) is 3.70. The molecule has 0 aromatic heterocycles. The molecule has 0 aliphatic heterocycles. The molecule has 0 amide bonds. The van der Waals surface area contributed by atoms with Gasteiger partial charge >= 0.3 is 0 Å². The van der Waals surface area contributed by atoms with E-state index in [1.54, 1.807) is 14.2 Å². The van der Waals surface area contributed by atoms with Crippen molar-refractivity contribution >= 4 is 29.9 Å². The van der Waals surface area contributed by atoms with Gasteiger partial charge in [-0.1, -0.05) is 19.4 Å². The second-order valence-corrected chi connectivity index (χ2v) is 5.43. The van der Waals surface area contributed by atoms with Crippen molar-refractivity contribution in [2.45, 2.75) is 38.8 Å². The highest BCUT2D eigenvalue weighted by molar-refractivity contribution is 14.0. The van der Waals surface area contributed by atoms with Crippen LogP contribution in [0.5, 0.6) is 11.5 Å². The van der Waals surface area contributed by atoms with Gasteiger partial charge in [0.25, 0.3) is 0 Å². The Morgan fingerprint density at radius 3 is 2.68 bits per heavy atom. The van der Waals surface area contributed by atoms with Crippen LogP contribution >= 0.6 is 24.0 Å². The third kappa shape index (κ3) is 5.23. The number of hydrogen-bond acceptors (Lipinski definition) is 3. The lowest BCUT2D eigenvalue weighted by Crippen LogP contribution is -2.34. The number of methoxy groups -OCH3 is 2. The van der Waals surface area contributed by atoms with E-state index >= 15 is 0 Å². The zero-order valence-electron chi connectivity index (χ0n) is 13.5. The zero-order valence-corrected chi connectivity index (χ0v) is 15.8. The lowest BCUT2D eigenvalue weighted by Gasteiger charge is -2.09. The zero-order chi connectivity index (χ0) is 15.2. The number of rotatable bonds is 7. The van der Waals surface area contributed by atoms with Gasteiger partial charge in [-0.3, -0.25) is 0 Å². The molecular weight excluding hydrogens is 393 g/mol. The van der Waals surface area contributed by atoms with E-state index in [9.17, 15) is 0 Å². The maximum absolute atomic E-state index is 5.93. The number of benzene rings is 1. The van der Waals surface area contributed by atoms with Gasteiger partial charge in [0.15, 0.2) is 17.5 Å². The summed E-state index contributed by atoms with van der Waals surface area (Å²) in [5.41, 5.74) is 6.97. The molecule has 6 heteroatoms. The molecule has 22 heavy (non-hydrogen) atoms. The number of nitrogens with one attached hydrogen (secondary N) is 1. The Balaban J connectivity index is 0.00000242. The Morgan fingerprint density at radius 2 is 2.05 bits per heavy atom. The SMILES string of the molecule is CCCC1CC1NC(N)=NCc1ccc(OC)c(OC)c1.I. The number of nitrogens with two attached hydrogens (primary N) is 1. The van der Waals surface area contributed by atoms with Crippen LogP contribution in [0.15, 0.2) is 23.2 Å². The Kier molecular flexibility index (Phi) is 7.78. The molecule has 0 spiro atoms. The molecule has 1 aromatic rings. The van der Waals surface area contributed by atoms with E-state index in [-0.39, 0.29) is 24.0 Å². The largest absolute Gasteiger partial charge is 0.493 e. The smallest absolute Gasteiger partial charge is 0.189 e. The van der Waals surface area contributed by atoms with Gasteiger partial charge in [0.05, 0.1) is 20.8 Å². The van der Waals surface area contributed by atoms with E-state index in [4.69, 9.17) is 15.2 Å². The minimum Gasteiger partial charge on any atom is -0.493 e. The van der Waals surface area contributed by atoms with E-state index < -0.39 is 0 Å². The number of guanidine groups is 1. The monoisotopic (exact) mass is 419 g/mol. The van der Waals surface area contributed by atoms with E-state index in [2.05, 4.69) is 17.2 Å². The van der Waals surface area contributed by atoms with Gasteiger partial charge in [-0.05, 0) is 36.5 Å². The first kappa shape index (κ1) is 18.9. The lowest BCUT2D eigenvalue weighted by molar-refractivity contribution is 0.354. The van der Waals surface area contributed by atoms with Gasteiger partial charge in [0.1, 0.15) is 0 Å². The highest BCUT2D eigenvalue weighted by Crippen LogP contribution is 2.34. The maximum Gasteiger partial charge on any atom is 0.189 e. The number of ether oxygens (including phenoxy) is 2. The van der Waals surface area contributed by atoms with Gasteiger partial charge < -0.3 is 20.5 Å². The second kappa shape index (κ2) is 9.07. The van der Waals surface area contributed by atoms with E-state index in [0.29, 0.717) is 24.3 Å². The number of hydrogen-bond donors (Lipinski definition) is 2. The van der Waals surface area contributed by atoms with Crippen LogP contribution in [0, 0.1) is 5.92 Å². The van der Waals surface area contributed by atoms with Crippen molar-refractivity contribution in [1.82, 2.24) is 5.32 Å². The minimum absolute atomic E-state index is 0. The molecule has 1 aliphatic rings. The summed E-state index contributed by atoms with van der Waals surface area (Å²) in [7, 11) is 3.25. The van der Waals surface area contributed by atoms with E-state index in [1.807, 2.05) is 18.2 Å². The Bertz CT molecular complexity index is 508. The third-order valence-electron chi connectivity index (χ3n) is 3.80. The van der Waals surface area contributed by atoms with Crippen molar-refractivity contribution in [2.24, 2.45) is 16.6 Å². The third-order valence-corrected chi connectivity index (χ3v) is 3.80. The van der Waals surface area contributed by atoms with Crippen molar-refractivity contribution in [1.29, 1.82) is 0 Å². The molecule has 1 aliphatic carbocycles. The van der Waals surface area contributed by atoms with Gasteiger partial charge in [0, 0.05) is 6.04 Å². The molecule has 0 bridgehead atoms. The van der Waals surface area contributed by atoms with Crippen LogP contribution in [0.2, 0.25) is 0 Å². The minimum atomic E-state index is 0. The summed E-state index contributed by atoms with van der Waals surface area (Å²) < 4.78 is 10.5. The summed E-state index contributed by atoms with van der Waals surface area (Å²) >= 11 is 0. The fourth-order valence-electron chi connectivity index (χ4n) is 2.51. The normalized spacial score (nSPS) is 20.0. The first-order valence-corrected chi connectivity index (χ1v) is 7.45. The Morgan fingerprint density at radius 1 is 1.32 bits per heavy atom. The molecule has 1 fully saturated rings. The molecule has 1 saturated carbocycles. The summed E-state index contributed by atoms with van der Waals surface area (Å²) in [5, 5.41) is 3.28. The van der Waals surface area contributed by atoms with Crippen molar-refractivity contribution < 1.29 is 9.47 Å². The van der Waals surface area contributed by atoms with Gasteiger partial charge in [0.2, 0.25) is 0 Å². The molecule has 5 nitrogen and oxygen atoms in total. The molecule has 0 heterocycles. The molecule has 124 valence electrons. The summed E-state index contributed by atoms with van der Waals surface area (Å²) in [5.74, 6) is 2.72. The summed E-state index contributed by atoms with van der Waals surface area (Å²) in [6.45, 7) is 2.74. The first-order chi connectivity index (χ1) is 10.2. The van der Waals surface area contributed by atoms with Gasteiger partial charge in [-0.2, -0.15) is 0 Å². The van der Waals surface area contributed by atoms with Crippen LogP contribution in [-0.2, 0) is 6.54 Å². The van der Waals surface area contributed by atoms with Gasteiger partial charge in [-0.15, -0.1) is 24.0 Å². The highest BCUT2D eigenvalue weighted by atomic mass is 127. The standard InChI is InChI=1S/C16H25N3O2.HI/c1-4-5-12-9-13(12)19-16(17)18-10-11-6-7-14(20-2)15(8-11)21-3;/h6-8,12-13H,4-5,9-10H2,1-3H3,(H3,17,18,19);1H. The molecule has 2 atom stereocenters. The predicted molar refractivity (Wildman–Crippen MR) is 100 cm³/mol. The fraction of sp³-hybridized carbons (Fsp3) is 0.562. The van der Waals surface area contributed by atoms with Crippen molar-refractivity contribution in [3.63, 3.8) is 0 Å². The van der Waals surface area contributed by atoms with Crippen LogP contribution < -0.4 is 20.5 Å². The molecule has 1 aromatic carbocycles. The van der Waals surface area contributed by atoms with Crippen LogP contribution in [0.25, 0.3) is 0 Å². The van der Waals surface area contributed by atoms with E-state index in [1.165, 1.54) is 19.3 Å². The van der Waals surface area contributed by atoms with Crippen LogP contribution in [0.1, 0.15) is 31.7 Å². The average Bonchev–Trinajstić information content (AvgIpc) is 3.22. The van der Waals surface area contributed by atoms with Crippen molar-refractivity contribution in [3.05, 3.63) is 23.8 Å². The summed E-state index contributed by atoms with van der Waals surface area (Å²) in [6, 6.07) is 6.28. The summed E-state index contributed by atoms with van der Waals surface area (Å²) in [4.78, 5) is 4.39. The average molecular weight is 419 g/mol. The van der Waals surface area contributed by atoms with E-state index in [0.717, 1.165) is 17.2 Å². The molecule has 3 N–H and O–H groups in total. The Labute approximate surface area is 149 Å². The fourth-order valence-corrected chi connectivity index (χ4v) is 2.51. The van der Waals surface area contributed by atoms with Crippen LogP contribution in [-0.4, -0.2) is 26.2 Å². The molecule has 2 rings (SSSR count). The van der Waals surface area contributed by atoms with Crippen molar-refractivity contribution in [2.75, 3.05) is 14.2 Å². The maximum atomic E-state index is 5.93. The quantitative estimate of drug-likeness (QED) is 0.405. The second-order valence-electron chi connectivity index (χ2n) is 5.43. The number of halogens is 1. The number of nitrogens with zero attached hydrogens (tertiary/aromatic N) is 1. The molecule has 2 unspecified atom stereocenters. The highest BCUT2D eigenvalue weighted by Gasteiger charge is 2.36. The topological polar surface area (TPSA) is 68.9 Å². The molecular formula is C16H26IN3O2. The molecule has 0 saturated heterocycles.